The molecule has 0 N–H and O–H groups in total. The van der Waals surface area contributed by atoms with Crippen molar-refractivity contribution in [3.63, 3.8) is 0 Å². The van der Waals surface area contributed by atoms with E-state index in [0.29, 0.717) is 11.5 Å². The molecule has 0 aromatic rings. The van der Waals surface area contributed by atoms with Gasteiger partial charge in [0.15, 0.2) is 0 Å². The first-order chi connectivity index (χ1) is 5.63. The van der Waals surface area contributed by atoms with Gasteiger partial charge in [-0.15, -0.1) is 0 Å². The van der Waals surface area contributed by atoms with Crippen molar-refractivity contribution >= 4 is 55.9 Å². The molecule has 0 atom stereocenters. The maximum atomic E-state index is 10.2. The predicted molar refractivity (Wildman–Crippen MR) is 56.6 cm³/mol. The fraction of sp³-hybridized carbons (Fsp3) is 0.667. The van der Waals surface area contributed by atoms with Crippen molar-refractivity contribution in [2.75, 3.05) is 11.5 Å². The number of hydrogen-bond acceptors (Lipinski definition) is 4. The molecule has 0 spiro atoms. The van der Waals surface area contributed by atoms with Crippen LogP contribution >= 0.6 is 46.7 Å². The number of unbranched alkanes of at least 4 members (excludes halogenated alkanes) is 1. The van der Waals surface area contributed by atoms with E-state index in [9.17, 15) is 9.59 Å². The second-order valence-electron chi connectivity index (χ2n) is 1.88. The normalized spacial score (nSPS) is 9.83. The van der Waals surface area contributed by atoms with Crippen molar-refractivity contribution in [2.24, 2.45) is 0 Å². The summed E-state index contributed by atoms with van der Waals surface area (Å²) >= 11 is 12.3. The van der Waals surface area contributed by atoms with Gasteiger partial charge in [0, 0.05) is 11.5 Å². The molecule has 0 aliphatic carbocycles. The molecule has 6 heteroatoms. The van der Waals surface area contributed by atoms with Gasteiger partial charge in [0.1, 0.15) is 0 Å². The first-order valence-electron chi connectivity index (χ1n) is 3.27. The van der Waals surface area contributed by atoms with E-state index in [1.54, 1.807) is 0 Å². The smallest absolute Gasteiger partial charge is 0.268 e. The van der Waals surface area contributed by atoms with Crippen molar-refractivity contribution in [3.8, 4) is 0 Å². The van der Waals surface area contributed by atoms with E-state index in [4.69, 9.17) is 23.2 Å². The summed E-state index contributed by atoms with van der Waals surface area (Å²) in [7, 11) is 0. The zero-order chi connectivity index (χ0) is 9.40. The van der Waals surface area contributed by atoms with Crippen LogP contribution in [0.3, 0.4) is 0 Å². The van der Waals surface area contributed by atoms with Crippen molar-refractivity contribution in [3.05, 3.63) is 0 Å². The summed E-state index contributed by atoms with van der Waals surface area (Å²) in [6, 6.07) is 0. The molecule has 12 heavy (non-hydrogen) atoms. The molecule has 0 bridgehead atoms. The Hall–Kier alpha value is 0.620. The number of carbonyl (C=O) groups is 2. The van der Waals surface area contributed by atoms with E-state index in [-0.39, 0.29) is 9.15 Å². The lowest BCUT2D eigenvalue weighted by Crippen LogP contribution is -1.86. The summed E-state index contributed by atoms with van der Waals surface area (Å²) in [5.41, 5.74) is 0. The Kier molecular flexibility index (Phi) is 8.65. The summed E-state index contributed by atoms with van der Waals surface area (Å²) in [6.45, 7) is 0. The molecule has 0 saturated carbocycles. The van der Waals surface area contributed by atoms with Crippen LogP contribution in [-0.4, -0.2) is 20.7 Å². The van der Waals surface area contributed by atoms with Crippen molar-refractivity contribution in [2.45, 2.75) is 12.8 Å². The Balaban J connectivity index is 3.01. The quantitative estimate of drug-likeness (QED) is 0.544. The van der Waals surface area contributed by atoms with Gasteiger partial charge in [-0.25, -0.2) is 0 Å². The molecule has 0 rings (SSSR count). The summed E-state index contributed by atoms with van der Waals surface area (Å²) in [5.74, 6) is 1.42. The molecule has 0 radical (unpaired) electrons. The maximum absolute atomic E-state index is 10.2. The van der Waals surface area contributed by atoms with Crippen LogP contribution in [0.15, 0.2) is 0 Å². The van der Waals surface area contributed by atoms with Gasteiger partial charge in [0.2, 0.25) is 0 Å². The minimum atomic E-state index is -0.379. The van der Waals surface area contributed by atoms with Gasteiger partial charge in [-0.1, -0.05) is 23.5 Å². The van der Waals surface area contributed by atoms with Crippen LogP contribution in [0.1, 0.15) is 12.8 Å². The minimum absolute atomic E-state index is 0.379. The summed E-state index contributed by atoms with van der Waals surface area (Å²) in [5, 5.41) is 0. The largest absolute Gasteiger partial charge is 0.279 e. The third-order valence-corrected chi connectivity index (χ3v) is 3.06. The van der Waals surface area contributed by atoms with Crippen LogP contribution in [0.25, 0.3) is 0 Å². The average Bonchev–Trinajstić information content (AvgIpc) is 1.95. The van der Waals surface area contributed by atoms with Gasteiger partial charge >= 0.3 is 0 Å². The molecule has 0 aromatic carbocycles. The fourth-order valence-electron chi connectivity index (χ4n) is 0.509. The molecule has 0 aliphatic heterocycles. The fourth-order valence-corrected chi connectivity index (χ4v) is 1.99. The van der Waals surface area contributed by atoms with Crippen LogP contribution < -0.4 is 0 Å². The van der Waals surface area contributed by atoms with E-state index >= 15 is 0 Å². The highest BCUT2D eigenvalue weighted by atomic mass is 35.5. The molecule has 0 saturated heterocycles. The zero-order valence-electron chi connectivity index (χ0n) is 6.22. The monoisotopic (exact) mass is 246 g/mol. The molecule has 70 valence electrons. The Morgan fingerprint density at radius 3 is 1.50 bits per heavy atom. The van der Waals surface area contributed by atoms with Crippen LogP contribution in [0.4, 0.5) is 9.59 Å². The number of hydrogen-bond donors (Lipinski definition) is 0. The maximum Gasteiger partial charge on any atom is 0.279 e. The van der Waals surface area contributed by atoms with Crippen molar-refractivity contribution in [1.29, 1.82) is 0 Å². The lowest BCUT2D eigenvalue weighted by atomic mass is 10.4. The topological polar surface area (TPSA) is 34.1 Å². The summed E-state index contributed by atoms with van der Waals surface area (Å²) < 4.78 is -0.757. The van der Waals surface area contributed by atoms with Gasteiger partial charge < -0.3 is 0 Å². The number of carbonyl (C=O) groups excluding carboxylic acids is 2. The lowest BCUT2D eigenvalue weighted by Gasteiger charge is -1.95. The Morgan fingerprint density at radius 2 is 1.25 bits per heavy atom. The van der Waals surface area contributed by atoms with Crippen LogP contribution in [0.5, 0.6) is 0 Å². The van der Waals surface area contributed by atoms with Gasteiger partial charge in [-0.3, -0.25) is 9.59 Å². The van der Waals surface area contributed by atoms with Crippen molar-refractivity contribution in [1.82, 2.24) is 0 Å². The highest BCUT2D eigenvalue weighted by Crippen LogP contribution is 2.13. The molecule has 0 unspecified atom stereocenters. The summed E-state index contributed by atoms with van der Waals surface area (Å²) in [4.78, 5) is 20.5. The molecular weight excluding hydrogens is 239 g/mol. The van der Waals surface area contributed by atoms with Gasteiger partial charge in [-0.05, 0) is 36.0 Å². The Bertz CT molecular complexity index is 146. The third-order valence-electron chi connectivity index (χ3n) is 0.970. The molecular formula is C6H8Cl2O2S2. The minimum Gasteiger partial charge on any atom is -0.268 e. The molecule has 0 aliphatic rings. The molecule has 0 aromatic heterocycles. The first-order valence-corrected chi connectivity index (χ1v) is 6.00. The van der Waals surface area contributed by atoms with Gasteiger partial charge in [0.05, 0.1) is 0 Å². The van der Waals surface area contributed by atoms with Crippen molar-refractivity contribution < 1.29 is 9.59 Å². The Morgan fingerprint density at radius 1 is 0.917 bits per heavy atom. The molecule has 2 nitrogen and oxygen atoms in total. The second kappa shape index (κ2) is 8.23. The average molecular weight is 247 g/mol. The van der Waals surface area contributed by atoms with E-state index in [0.717, 1.165) is 36.4 Å². The highest BCUT2D eigenvalue weighted by Gasteiger charge is 1.98. The number of halogens is 2. The molecule has 0 amide bonds. The van der Waals surface area contributed by atoms with E-state index in [2.05, 4.69) is 0 Å². The van der Waals surface area contributed by atoms with E-state index in [1.807, 2.05) is 0 Å². The SMILES string of the molecule is O=C(Cl)SCCCCSC(=O)Cl. The lowest BCUT2D eigenvalue weighted by molar-refractivity contribution is 0.275. The summed E-state index contributed by atoms with van der Waals surface area (Å²) in [6.07, 6.45) is 1.75. The number of thioether (sulfide) groups is 2. The number of rotatable bonds is 5. The third kappa shape index (κ3) is 10.6. The van der Waals surface area contributed by atoms with E-state index in [1.165, 1.54) is 0 Å². The standard InChI is InChI=1S/C6H8Cl2O2S2/c7-5(9)11-3-1-2-4-12-6(8)10/h1-4H2. The zero-order valence-corrected chi connectivity index (χ0v) is 9.36. The van der Waals surface area contributed by atoms with Gasteiger partial charge in [0.25, 0.3) is 9.15 Å². The van der Waals surface area contributed by atoms with Crippen LogP contribution in [0.2, 0.25) is 0 Å². The van der Waals surface area contributed by atoms with Gasteiger partial charge in [-0.2, -0.15) is 0 Å². The van der Waals surface area contributed by atoms with E-state index < -0.39 is 0 Å². The van der Waals surface area contributed by atoms with Crippen LogP contribution in [-0.2, 0) is 0 Å². The predicted octanol–water partition coefficient (Wildman–Crippen LogP) is 3.95. The van der Waals surface area contributed by atoms with Crippen LogP contribution in [0, 0.1) is 0 Å². The molecule has 0 heterocycles. The highest BCUT2D eigenvalue weighted by molar-refractivity contribution is 8.16. The first kappa shape index (κ1) is 12.6. The molecule has 0 fully saturated rings. The Labute approximate surface area is 89.7 Å². The second-order valence-corrected chi connectivity index (χ2v) is 5.15.